The third-order valence-corrected chi connectivity index (χ3v) is 5.27. The van der Waals surface area contributed by atoms with E-state index >= 15 is 0 Å². The Kier molecular flexibility index (Phi) is 3.92. The van der Waals surface area contributed by atoms with Gasteiger partial charge in [-0.1, -0.05) is 19.8 Å². The SMILES string of the molecule is CC1CCCC1CNC1CCC2(CC1)OCCO2. The van der Waals surface area contributed by atoms with Crippen LogP contribution in [-0.2, 0) is 9.47 Å². The summed E-state index contributed by atoms with van der Waals surface area (Å²) < 4.78 is 11.5. The minimum absolute atomic E-state index is 0.196. The summed E-state index contributed by atoms with van der Waals surface area (Å²) in [6.07, 6.45) is 8.86. The number of hydrogen-bond donors (Lipinski definition) is 1. The molecule has 2 atom stereocenters. The van der Waals surface area contributed by atoms with Crippen LogP contribution in [0.5, 0.6) is 0 Å². The van der Waals surface area contributed by atoms with Crippen molar-refractivity contribution in [2.24, 2.45) is 11.8 Å². The zero-order valence-corrected chi connectivity index (χ0v) is 11.6. The molecule has 0 amide bonds. The molecule has 3 rings (SSSR count). The molecule has 104 valence electrons. The molecule has 0 bridgehead atoms. The van der Waals surface area contributed by atoms with Crippen molar-refractivity contribution in [3.05, 3.63) is 0 Å². The van der Waals surface area contributed by atoms with Crippen LogP contribution in [0.2, 0.25) is 0 Å². The Bertz CT molecular complexity index is 266. The molecule has 2 aliphatic carbocycles. The molecule has 2 unspecified atom stereocenters. The van der Waals surface area contributed by atoms with E-state index in [0.29, 0.717) is 6.04 Å². The molecule has 3 fully saturated rings. The summed E-state index contributed by atoms with van der Waals surface area (Å²) in [4.78, 5) is 0. The fraction of sp³-hybridized carbons (Fsp3) is 1.00. The van der Waals surface area contributed by atoms with Gasteiger partial charge in [0.2, 0.25) is 0 Å². The summed E-state index contributed by atoms with van der Waals surface area (Å²) >= 11 is 0. The molecule has 2 saturated carbocycles. The van der Waals surface area contributed by atoms with Crippen LogP contribution < -0.4 is 5.32 Å². The number of ether oxygens (including phenoxy) is 2. The number of nitrogens with one attached hydrogen (secondary N) is 1. The predicted molar refractivity (Wildman–Crippen MR) is 71.4 cm³/mol. The first kappa shape index (κ1) is 12.9. The van der Waals surface area contributed by atoms with Gasteiger partial charge in [0.1, 0.15) is 0 Å². The summed E-state index contributed by atoms with van der Waals surface area (Å²) in [7, 11) is 0. The first-order chi connectivity index (χ1) is 8.77. The highest BCUT2D eigenvalue weighted by Gasteiger charge is 2.40. The molecular weight excluding hydrogens is 226 g/mol. The van der Waals surface area contributed by atoms with E-state index in [2.05, 4.69) is 12.2 Å². The highest BCUT2D eigenvalue weighted by molar-refractivity contribution is 4.86. The lowest BCUT2D eigenvalue weighted by Crippen LogP contribution is -2.43. The van der Waals surface area contributed by atoms with Crippen molar-refractivity contribution in [3.8, 4) is 0 Å². The van der Waals surface area contributed by atoms with Crippen LogP contribution >= 0.6 is 0 Å². The normalized spacial score (nSPS) is 36.5. The lowest BCUT2D eigenvalue weighted by atomic mass is 9.89. The van der Waals surface area contributed by atoms with Crippen molar-refractivity contribution < 1.29 is 9.47 Å². The molecule has 3 nitrogen and oxygen atoms in total. The molecule has 1 N–H and O–H groups in total. The molecule has 1 aliphatic heterocycles. The fourth-order valence-corrected chi connectivity index (χ4v) is 3.89. The van der Waals surface area contributed by atoms with E-state index in [1.807, 2.05) is 0 Å². The highest BCUT2D eigenvalue weighted by Crippen LogP contribution is 2.36. The Balaban J connectivity index is 1.40. The molecule has 3 heteroatoms. The molecule has 1 saturated heterocycles. The molecule has 1 spiro atoms. The van der Waals surface area contributed by atoms with E-state index in [4.69, 9.17) is 9.47 Å². The van der Waals surface area contributed by atoms with Crippen LogP contribution in [-0.4, -0.2) is 31.6 Å². The van der Waals surface area contributed by atoms with Crippen molar-refractivity contribution in [1.82, 2.24) is 5.32 Å². The number of rotatable bonds is 3. The van der Waals surface area contributed by atoms with E-state index in [9.17, 15) is 0 Å². The summed E-state index contributed by atoms with van der Waals surface area (Å²) in [5.41, 5.74) is 0. The van der Waals surface area contributed by atoms with Gasteiger partial charge in [0.15, 0.2) is 5.79 Å². The summed E-state index contributed by atoms with van der Waals surface area (Å²) in [6, 6.07) is 0.691. The van der Waals surface area contributed by atoms with E-state index in [-0.39, 0.29) is 5.79 Å². The Morgan fingerprint density at radius 3 is 2.39 bits per heavy atom. The van der Waals surface area contributed by atoms with Crippen LogP contribution in [0.4, 0.5) is 0 Å². The average Bonchev–Trinajstić information content (AvgIpc) is 2.99. The van der Waals surface area contributed by atoms with Gasteiger partial charge in [-0.3, -0.25) is 0 Å². The first-order valence-electron chi connectivity index (χ1n) is 7.79. The van der Waals surface area contributed by atoms with Gasteiger partial charge in [-0.15, -0.1) is 0 Å². The van der Waals surface area contributed by atoms with Crippen molar-refractivity contribution in [2.45, 2.75) is 63.7 Å². The molecular formula is C15H27NO2. The van der Waals surface area contributed by atoms with E-state index in [0.717, 1.165) is 37.9 Å². The van der Waals surface area contributed by atoms with Crippen LogP contribution in [0.25, 0.3) is 0 Å². The van der Waals surface area contributed by atoms with Crippen molar-refractivity contribution in [3.63, 3.8) is 0 Å². The van der Waals surface area contributed by atoms with E-state index in [1.165, 1.54) is 38.6 Å². The third-order valence-electron chi connectivity index (χ3n) is 5.27. The maximum atomic E-state index is 5.77. The lowest BCUT2D eigenvalue weighted by molar-refractivity contribution is -0.179. The van der Waals surface area contributed by atoms with E-state index < -0.39 is 0 Å². The standard InChI is InChI=1S/C15H27NO2/c1-12-3-2-4-13(12)11-16-14-5-7-15(8-6-14)17-9-10-18-15/h12-14,16H,2-11H2,1H3. The molecule has 0 aromatic carbocycles. The molecule has 0 radical (unpaired) electrons. The maximum absolute atomic E-state index is 5.77. The van der Waals surface area contributed by atoms with Gasteiger partial charge >= 0.3 is 0 Å². The third kappa shape index (κ3) is 2.73. The van der Waals surface area contributed by atoms with Crippen LogP contribution in [0.15, 0.2) is 0 Å². The fourth-order valence-electron chi connectivity index (χ4n) is 3.89. The van der Waals surface area contributed by atoms with Crippen LogP contribution in [0.1, 0.15) is 51.9 Å². The first-order valence-corrected chi connectivity index (χ1v) is 7.79. The Morgan fingerprint density at radius 2 is 1.78 bits per heavy atom. The minimum Gasteiger partial charge on any atom is -0.348 e. The van der Waals surface area contributed by atoms with Gasteiger partial charge in [0.05, 0.1) is 13.2 Å². The lowest BCUT2D eigenvalue weighted by Gasteiger charge is -2.36. The van der Waals surface area contributed by atoms with Gasteiger partial charge in [-0.05, 0) is 37.6 Å². The minimum atomic E-state index is -0.196. The quantitative estimate of drug-likeness (QED) is 0.839. The van der Waals surface area contributed by atoms with Gasteiger partial charge in [0, 0.05) is 18.9 Å². The van der Waals surface area contributed by atoms with Gasteiger partial charge in [-0.2, -0.15) is 0 Å². The summed E-state index contributed by atoms with van der Waals surface area (Å²) in [6.45, 7) is 5.21. The number of hydrogen-bond acceptors (Lipinski definition) is 3. The highest BCUT2D eigenvalue weighted by atomic mass is 16.7. The second-order valence-corrected chi connectivity index (χ2v) is 6.46. The van der Waals surface area contributed by atoms with Crippen LogP contribution in [0.3, 0.4) is 0 Å². The average molecular weight is 253 g/mol. The van der Waals surface area contributed by atoms with E-state index in [1.54, 1.807) is 0 Å². The zero-order chi connectivity index (χ0) is 12.4. The summed E-state index contributed by atoms with van der Waals surface area (Å²) in [5, 5.41) is 3.79. The summed E-state index contributed by atoms with van der Waals surface area (Å²) in [5.74, 6) is 1.65. The van der Waals surface area contributed by atoms with Crippen molar-refractivity contribution in [1.29, 1.82) is 0 Å². The Hall–Kier alpha value is -0.120. The van der Waals surface area contributed by atoms with Crippen molar-refractivity contribution >= 4 is 0 Å². The second kappa shape index (κ2) is 5.48. The van der Waals surface area contributed by atoms with Crippen LogP contribution in [0, 0.1) is 11.8 Å². The smallest absolute Gasteiger partial charge is 0.168 e. The van der Waals surface area contributed by atoms with Gasteiger partial charge in [0.25, 0.3) is 0 Å². The van der Waals surface area contributed by atoms with Gasteiger partial charge in [-0.25, -0.2) is 0 Å². The topological polar surface area (TPSA) is 30.5 Å². The molecule has 0 aromatic heterocycles. The Labute approximate surface area is 111 Å². The second-order valence-electron chi connectivity index (χ2n) is 6.46. The molecule has 18 heavy (non-hydrogen) atoms. The molecule has 3 aliphatic rings. The predicted octanol–water partition coefficient (Wildman–Crippen LogP) is 2.70. The van der Waals surface area contributed by atoms with Gasteiger partial charge < -0.3 is 14.8 Å². The Morgan fingerprint density at radius 1 is 1.06 bits per heavy atom. The van der Waals surface area contributed by atoms with Crippen molar-refractivity contribution in [2.75, 3.05) is 19.8 Å². The molecule has 0 aromatic rings. The maximum Gasteiger partial charge on any atom is 0.168 e. The monoisotopic (exact) mass is 253 g/mol. The zero-order valence-electron chi connectivity index (χ0n) is 11.6. The molecule has 1 heterocycles. The largest absolute Gasteiger partial charge is 0.348 e.